The number of carbonyl (C=O) groups is 1. The van der Waals surface area contributed by atoms with Crippen molar-refractivity contribution in [3.8, 4) is 5.75 Å². The molecule has 0 heterocycles. The van der Waals surface area contributed by atoms with Gasteiger partial charge in [-0.15, -0.1) is 0 Å². The van der Waals surface area contributed by atoms with E-state index in [2.05, 4.69) is 5.32 Å². The monoisotopic (exact) mass is 444 g/mol. The summed E-state index contributed by atoms with van der Waals surface area (Å²) in [6.45, 7) is 1.44. The molecule has 8 heteroatoms. The first kappa shape index (κ1) is 21.7. The third kappa shape index (κ3) is 5.11. The van der Waals surface area contributed by atoms with E-state index in [9.17, 15) is 13.2 Å². The average Bonchev–Trinajstić information content (AvgIpc) is 2.72. The van der Waals surface area contributed by atoms with Crippen molar-refractivity contribution < 1.29 is 17.9 Å². The average molecular weight is 445 g/mol. The first-order valence-electron chi connectivity index (χ1n) is 9.08. The topological polar surface area (TPSA) is 75.7 Å². The first-order chi connectivity index (χ1) is 14.3. The number of aryl methyl sites for hydroxylation is 1. The molecule has 0 aromatic heterocycles. The Balaban J connectivity index is 1.93. The Hall–Kier alpha value is -3.03. The van der Waals surface area contributed by atoms with E-state index in [4.69, 9.17) is 16.3 Å². The highest BCUT2D eigenvalue weighted by Crippen LogP contribution is 2.26. The van der Waals surface area contributed by atoms with Gasteiger partial charge in [-0.2, -0.15) is 0 Å². The molecule has 0 aliphatic rings. The van der Waals surface area contributed by atoms with Crippen molar-refractivity contribution in [2.24, 2.45) is 0 Å². The summed E-state index contributed by atoms with van der Waals surface area (Å²) >= 11 is 6.07. The Labute approximate surface area is 181 Å². The third-order valence-corrected chi connectivity index (χ3v) is 6.37. The van der Waals surface area contributed by atoms with Gasteiger partial charge in [-0.05, 0) is 49.4 Å². The standard InChI is InChI=1S/C22H21ClN2O4S/c1-16-9-11-21(12-10-16)30(27,28)25(19-7-3-5-17(23)13-19)15-22(26)24-18-6-4-8-20(14-18)29-2/h3-14H,15H2,1-2H3,(H,24,26). The molecule has 0 aliphatic heterocycles. The van der Waals surface area contributed by atoms with Gasteiger partial charge in [0.1, 0.15) is 12.3 Å². The molecule has 0 radical (unpaired) electrons. The number of hydrogen-bond donors (Lipinski definition) is 1. The highest BCUT2D eigenvalue weighted by molar-refractivity contribution is 7.92. The summed E-state index contributed by atoms with van der Waals surface area (Å²) in [6.07, 6.45) is 0. The molecule has 1 amide bonds. The largest absolute Gasteiger partial charge is 0.497 e. The van der Waals surface area contributed by atoms with Gasteiger partial charge in [0.25, 0.3) is 10.0 Å². The quantitative estimate of drug-likeness (QED) is 0.582. The minimum atomic E-state index is -4.00. The van der Waals surface area contributed by atoms with Crippen LogP contribution in [-0.2, 0) is 14.8 Å². The van der Waals surface area contributed by atoms with Crippen LogP contribution in [0.5, 0.6) is 5.75 Å². The number of anilines is 2. The van der Waals surface area contributed by atoms with Crippen LogP contribution in [0.25, 0.3) is 0 Å². The maximum Gasteiger partial charge on any atom is 0.264 e. The second-order valence-corrected chi connectivity index (χ2v) is 8.88. The Bertz CT molecular complexity index is 1150. The van der Waals surface area contributed by atoms with E-state index in [1.807, 2.05) is 6.92 Å². The molecule has 1 N–H and O–H groups in total. The summed E-state index contributed by atoms with van der Waals surface area (Å²) < 4.78 is 32.8. The fourth-order valence-corrected chi connectivity index (χ4v) is 4.41. The first-order valence-corrected chi connectivity index (χ1v) is 10.9. The predicted octanol–water partition coefficient (Wildman–Crippen LogP) is 4.49. The lowest BCUT2D eigenvalue weighted by Crippen LogP contribution is -2.38. The van der Waals surface area contributed by atoms with E-state index in [1.165, 1.54) is 25.3 Å². The van der Waals surface area contributed by atoms with Crippen molar-refractivity contribution in [1.29, 1.82) is 0 Å². The van der Waals surface area contributed by atoms with Crippen LogP contribution in [0, 0.1) is 6.92 Å². The molecular weight excluding hydrogens is 424 g/mol. The van der Waals surface area contributed by atoms with Gasteiger partial charge in [-0.1, -0.05) is 41.4 Å². The molecule has 0 fully saturated rings. The number of methoxy groups -OCH3 is 1. The lowest BCUT2D eigenvalue weighted by molar-refractivity contribution is -0.114. The normalized spacial score (nSPS) is 11.0. The minimum Gasteiger partial charge on any atom is -0.497 e. The van der Waals surface area contributed by atoms with Gasteiger partial charge >= 0.3 is 0 Å². The highest BCUT2D eigenvalue weighted by Gasteiger charge is 2.27. The molecule has 0 aliphatic carbocycles. The van der Waals surface area contributed by atoms with E-state index in [-0.39, 0.29) is 4.90 Å². The fourth-order valence-electron chi connectivity index (χ4n) is 2.82. The minimum absolute atomic E-state index is 0.0854. The van der Waals surface area contributed by atoms with Crippen LogP contribution in [0.1, 0.15) is 5.56 Å². The smallest absolute Gasteiger partial charge is 0.264 e. The van der Waals surface area contributed by atoms with Crippen LogP contribution in [0.4, 0.5) is 11.4 Å². The number of ether oxygens (including phenoxy) is 1. The Morgan fingerprint density at radius 1 is 1.03 bits per heavy atom. The molecule has 0 spiro atoms. The summed E-state index contributed by atoms with van der Waals surface area (Å²) in [4.78, 5) is 12.8. The zero-order chi connectivity index (χ0) is 21.7. The summed E-state index contributed by atoms with van der Waals surface area (Å²) in [5.41, 5.74) is 1.72. The Morgan fingerprint density at radius 2 is 1.73 bits per heavy atom. The van der Waals surface area contributed by atoms with E-state index in [1.54, 1.807) is 54.6 Å². The second kappa shape index (κ2) is 9.19. The van der Waals surface area contributed by atoms with Crippen molar-refractivity contribution in [2.75, 3.05) is 23.3 Å². The molecule has 0 unspecified atom stereocenters. The number of nitrogens with one attached hydrogen (secondary N) is 1. The zero-order valence-electron chi connectivity index (χ0n) is 16.5. The summed E-state index contributed by atoms with van der Waals surface area (Å²) in [5.74, 6) is 0.0747. The van der Waals surface area contributed by atoms with Crippen LogP contribution >= 0.6 is 11.6 Å². The van der Waals surface area contributed by atoms with Gasteiger partial charge in [0.2, 0.25) is 5.91 Å². The highest BCUT2D eigenvalue weighted by atomic mass is 35.5. The molecule has 3 aromatic carbocycles. The molecule has 30 heavy (non-hydrogen) atoms. The molecule has 6 nitrogen and oxygen atoms in total. The van der Waals surface area contributed by atoms with Crippen LogP contribution in [-0.4, -0.2) is 28.0 Å². The van der Waals surface area contributed by atoms with Crippen LogP contribution < -0.4 is 14.4 Å². The van der Waals surface area contributed by atoms with E-state index in [0.29, 0.717) is 22.1 Å². The number of amides is 1. The van der Waals surface area contributed by atoms with Crippen molar-refractivity contribution in [3.05, 3.63) is 83.4 Å². The van der Waals surface area contributed by atoms with Gasteiger partial charge in [-0.25, -0.2) is 8.42 Å². The second-order valence-electron chi connectivity index (χ2n) is 6.58. The number of carbonyl (C=O) groups excluding carboxylic acids is 1. The molecule has 0 atom stereocenters. The lowest BCUT2D eigenvalue weighted by Gasteiger charge is -2.24. The van der Waals surface area contributed by atoms with Gasteiger partial charge in [0, 0.05) is 16.8 Å². The molecule has 3 rings (SSSR count). The summed E-state index contributed by atoms with van der Waals surface area (Å²) in [6, 6.07) is 19.6. The van der Waals surface area contributed by atoms with Gasteiger partial charge in [0.15, 0.2) is 0 Å². The number of hydrogen-bond acceptors (Lipinski definition) is 4. The molecular formula is C22H21ClN2O4S. The maximum absolute atomic E-state index is 13.3. The van der Waals surface area contributed by atoms with Crippen LogP contribution in [0.3, 0.4) is 0 Å². The fraction of sp³-hybridized carbons (Fsp3) is 0.136. The van der Waals surface area contributed by atoms with E-state index in [0.717, 1.165) is 9.87 Å². The number of nitrogens with zero attached hydrogens (tertiary/aromatic N) is 1. The third-order valence-electron chi connectivity index (χ3n) is 4.35. The molecule has 0 saturated heterocycles. The number of rotatable bonds is 7. The summed E-state index contributed by atoms with van der Waals surface area (Å²) in [7, 11) is -2.47. The summed E-state index contributed by atoms with van der Waals surface area (Å²) in [5, 5.41) is 3.07. The Morgan fingerprint density at radius 3 is 2.40 bits per heavy atom. The van der Waals surface area contributed by atoms with Crippen molar-refractivity contribution in [3.63, 3.8) is 0 Å². The number of benzene rings is 3. The van der Waals surface area contributed by atoms with Crippen LogP contribution in [0.2, 0.25) is 5.02 Å². The zero-order valence-corrected chi connectivity index (χ0v) is 18.1. The SMILES string of the molecule is COc1cccc(NC(=O)CN(c2cccc(Cl)c2)S(=O)(=O)c2ccc(C)cc2)c1. The molecule has 3 aromatic rings. The lowest BCUT2D eigenvalue weighted by atomic mass is 10.2. The maximum atomic E-state index is 13.3. The van der Waals surface area contributed by atoms with Gasteiger partial charge in [0.05, 0.1) is 17.7 Å². The number of halogens is 1. The van der Waals surface area contributed by atoms with Gasteiger partial charge in [-0.3, -0.25) is 9.10 Å². The van der Waals surface area contributed by atoms with Crippen LogP contribution in [0.15, 0.2) is 77.7 Å². The van der Waals surface area contributed by atoms with Gasteiger partial charge < -0.3 is 10.1 Å². The molecule has 156 valence electrons. The van der Waals surface area contributed by atoms with Crippen molar-refractivity contribution >= 4 is 38.9 Å². The van der Waals surface area contributed by atoms with E-state index >= 15 is 0 Å². The predicted molar refractivity (Wildman–Crippen MR) is 119 cm³/mol. The van der Waals surface area contributed by atoms with Crippen molar-refractivity contribution in [2.45, 2.75) is 11.8 Å². The van der Waals surface area contributed by atoms with Crippen molar-refractivity contribution in [1.82, 2.24) is 0 Å². The Kier molecular flexibility index (Phi) is 6.64. The number of sulfonamides is 1. The van der Waals surface area contributed by atoms with E-state index < -0.39 is 22.5 Å². The molecule has 0 saturated carbocycles. The molecule has 0 bridgehead atoms.